The molecule has 0 bridgehead atoms. The smallest absolute Gasteiger partial charge is 0.117 e. The second kappa shape index (κ2) is 6.69. The fraction of sp³-hybridized carbons (Fsp3) is 0.600. The SMILES string of the molecule is CNCCCCNCc1ccco1. The number of furan rings is 1. The maximum Gasteiger partial charge on any atom is 0.117 e. The van der Waals surface area contributed by atoms with Crippen molar-refractivity contribution in [2.75, 3.05) is 20.1 Å². The molecular weight excluding hydrogens is 164 g/mol. The Morgan fingerprint density at radius 3 is 2.85 bits per heavy atom. The topological polar surface area (TPSA) is 37.2 Å². The Morgan fingerprint density at radius 2 is 2.15 bits per heavy atom. The molecule has 1 rings (SSSR count). The molecule has 0 atom stereocenters. The van der Waals surface area contributed by atoms with E-state index >= 15 is 0 Å². The number of hydrogen-bond acceptors (Lipinski definition) is 3. The van der Waals surface area contributed by atoms with E-state index < -0.39 is 0 Å². The molecule has 0 spiro atoms. The molecule has 0 saturated heterocycles. The molecule has 1 aromatic heterocycles. The van der Waals surface area contributed by atoms with Crippen molar-refractivity contribution in [1.82, 2.24) is 10.6 Å². The third-order valence-electron chi connectivity index (χ3n) is 1.91. The van der Waals surface area contributed by atoms with E-state index in [-0.39, 0.29) is 0 Å². The Balaban J connectivity index is 1.90. The minimum absolute atomic E-state index is 0.840. The molecule has 1 heterocycles. The molecule has 0 saturated carbocycles. The van der Waals surface area contributed by atoms with Gasteiger partial charge in [-0.2, -0.15) is 0 Å². The summed E-state index contributed by atoms with van der Waals surface area (Å²) < 4.78 is 5.19. The molecule has 13 heavy (non-hydrogen) atoms. The van der Waals surface area contributed by atoms with Crippen LogP contribution >= 0.6 is 0 Å². The van der Waals surface area contributed by atoms with E-state index in [2.05, 4.69) is 10.6 Å². The van der Waals surface area contributed by atoms with Gasteiger partial charge in [-0.25, -0.2) is 0 Å². The quantitative estimate of drug-likeness (QED) is 0.625. The highest BCUT2D eigenvalue weighted by Crippen LogP contribution is 1.98. The maximum absolute atomic E-state index is 5.19. The van der Waals surface area contributed by atoms with Gasteiger partial charge in [-0.3, -0.25) is 0 Å². The lowest BCUT2D eigenvalue weighted by molar-refractivity contribution is 0.478. The largest absolute Gasteiger partial charge is 0.468 e. The van der Waals surface area contributed by atoms with Crippen molar-refractivity contribution in [3.8, 4) is 0 Å². The summed E-state index contributed by atoms with van der Waals surface area (Å²) in [5.74, 6) is 1.01. The van der Waals surface area contributed by atoms with Crippen molar-refractivity contribution in [3.63, 3.8) is 0 Å². The molecule has 0 radical (unpaired) electrons. The Hall–Kier alpha value is -0.800. The standard InChI is InChI=1S/C10H18N2O/c1-11-6-2-3-7-12-9-10-5-4-8-13-10/h4-5,8,11-12H,2-3,6-7,9H2,1H3. The van der Waals surface area contributed by atoms with E-state index in [9.17, 15) is 0 Å². The number of unbranched alkanes of at least 4 members (excludes halogenated alkanes) is 1. The monoisotopic (exact) mass is 182 g/mol. The zero-order chi connectivity index (χ0) is 9.36. The summed E-state index contributed by atoms with van der Waals surface area (Å²) in [6.07, 6.45) is 4.14. The first-order chi connectivity index (χ1) is 6.43. The third kappa shape index (κ3) is 4.70. The molecule has 74 valence electrons. The molecule has 1 aromatic rings. The Kier molecular flexibility index (Phi) is 5.29. The lowest BCUT2D eigenvalue weighted by Crippen LogP contribution is -2.16. The van der Waals surface area contributed by atoms with E-state index in [0.29, 0.717) is 0 Å². The van der Waals surface area contributed by atoms with Gasteiger partial charge in [-0.1, -0.05) is 0 Å². The first-order valence-corrected chi connectivity index (χ1v) is 4.81. The molecule has 3 nitrogen and oxygen atoms in total. The van der Waals surface area contributed by atoms with Gasteiger partial charge >= 0.3 is 0 Å². The molecule has 0 unspecified atom stereocenters. The van der Waals surface area contributed by atoms with Gasteiger partial charge in [0.05, 0.1) is 12.8 Å². The van der Waals surface area contributed by atoms with Crippen LogP contribution in [-0.4, -0.2) is 20.1 Å². The van der Waals surface area contributed by atoms with E-state index in [1.165, 1.54) is 12.8 Å². The summed E-state index contributed by atoms with van der Waals surface area (Å²) in [6, 6.07) is 3.90. The van der Waals surface area contributed by atoms with E-state index in [4.69, 9.17) is 4.42 Å². The van der Waals surface area contributed by atoms with E-state index in [1.807, 2.05) is 19.2 Å². The molecule has 0 aliphatic carbocycles. The Labute approximate surface area is 79.5 Å². The average Bonchev–Trinajstić information content (AvgIpc) is 2.63. The van der Waals surface area contributed by atoms with E-state index in [0.717, 1.165) is 25.4 Å². The highest BCUT2D eigenvalue weighted by atomic mass is 16.3. The molecule has 0 aromatic carbocycles. The fourth-order valence-electron chi connectivity index (χ4n) is 1.18. The van der Waals surface area contributed by atoms with Gasteiger partial charge in [0.1, 0.15) is 5.76 Å². The fourth-order valence-corrected chi connectivity index (χ4v) is 1.18. The third-order valence-corrected chi connectivity index (χ3v) is 1.91. The summed E-state index contributed by atoms with van der Waals surface area (Å²) >= 11 is 0. The van der Waals surface area contributed by atoms with Crippen molar-refractivity contribution in [1.29, 1.82) is 0 Å². The lowest BCUT2D eigenvalue weighted by atomic mass is 10.3. The normalized spacial score (nSPS) is 10.5. The first-order valence-electron chi connectivity index (χ1n) is 4.81. The zero-order valence-corrected chi connectivity index (χ0v) is 8.18. The lowest BCUT2D eigenvalue weighted by Gasteiger charge is -2.01. The molecule has 3 heteroatoms. The number of nitrogens with one attached hydrogen (secondary N) is 2. The summed E-state index contributed by atoms with van der Waals surface area (Å²) in [5.41, 5.74) is 0. The van der Waals surface area contributed by atoms with Crippen LogP contribution in [0.4, 0.5) is 0 Å². The van der Waals surface area contributed by atoms with Crippen LogP contribution in [0.5, 0.6) is 0 Å². The van der Waals surface area contributed by atoms with Gasteiger partial charge in [-0.15, -0.1) is 0 Å². The van der Waals surface area contributed by atoms with Crippen LogP contribution < -0.4 is 10.6 Å². The number of hydrogen-bond donors (Lipinski definition) is 2. The van der Waals surface area contributed by atoms with Crippen molar-refractivity contribution >= 4 is 0 Å². The Bertz CT molecular complexity index is 197. The van der Waals surface area contributed by atoms with Crippen LogP contribution in [0.15, 0.2) is 22.8 Å². The molecule has 0 aliphatic rings. The summed E-state index contributed by atoms with van der Waals surface area (Å²) in [6.45, 7) is 3.00. The van der Waals surface area contributed by atoms with Crippen LogP contribution in [0.25, 0.3) is 0 Å². The molecule has 0 aliphatic heterocycles. The van der Waals surface area contributed by atoms with Gasteiger partial charge in [0, 0.05) is 0 Å². The second-order valence-corrected chi connectivity index (χ2v) is 3.07. The van der Waals surface area contributed by atoms with Crippen molar-refractivity contribution in [2.24, 2.45) is 0 Å². The minimum atomic E-state index is 0.840. The predicted octanol–water partition coefficient (Wildman–Crippen LogP) is 1.37. The van der Waals surface area contributed by atoms with Gasteiger partial charge in [0.15, 0.2) is 0 Å². The Morgan fingerprint density at radius 1 is 1.31 bits per heavy atom. The van der Waals surface area contributed by atoms with Crippen LogP contribution in [0.1, 0.15) is 18.6 Å². The van der Waals surface area contributed by atoms with Gasteiger partial charge < -0.3 is 15.1 Å². The highest BCUT2D eigenvalue weighted by Gasteiger charge is 1.93. The van der Waals surface area contributed by atoms with Crippen LogP contribution in [0.2, 0.25) is 0 Å². The van der Waals surface area contributed by atoms with Crippen molar-refractivity contribution < 1.29 is 4.42 Å². The van der Waals surface area contributed by atoms with Crippen molar-refractivity contribution in [2.45, 2.75) is 19.4 Å². The first kappa shape index (κ1) is 10.3. The highest BCUT2D eigenvalue weighted by molar-refractivity contribution is 4.97. The molecular formula is C10H18N2O. The summed E-state index contributed by atoms with van der Waals surface area (Å²) in [4.78, 5) is 0. The predicted molar refractivity (Wildman–Crippen MR) is 53.6 cm³/mol. The summed E-state index contributed by atoms with van der Waals surface area (Å²) in [5, 5.41) is 6.45. The van der Waals surface area contributed by atoms with Crippen LogP contribution in [0.3, 0.4) is 0 Å². The van der Waals surface area contributed by atoms with Crippen LogP contribution in [-0.2, 0) is 6.54 Å². The second-order valence-electron chi connectivity index (χ2n) is 3.07. The maximum atomic E-state index is 5.19. The van der Waals surface area contributed by atoms with Gasteiger partial charge in [-0.05, 0) is 45.1 Å². The van der Waals surface area contributed by atoms with Crippen molar-refractivity contribution in [3.05, 3.63) is 24.2 Å². The summed E-state index contributed by atoms with van der Waals surface area (Å²) in [7, 11) is 1.98. The van der Waals surface area contributed by atoms with E-state index in [1.54, 1.807) is 6.26 Å². The average molecular weight is 182 g/mol. The zero-order valence-electron chi connectivity index (χ0n) is 8.18. The molecule has 0 fully saturated rings. The van der Waals surface area contributed by atoms with Crippen LogP contribution in [0, 0.1) is 0 Å². The van der Waals surface area contributed by atoms with Gasteiger partial charge in [0.25, 0.3) is 0 Å². The number of rotatable bonds is 7. The minimum Gasteiger partial charge on any atom is -0.468 e. The van der Waals surface area contributed by atoms with Gasteiger partial charge in [0.2, 0.25) is 0 Å². The molecule has 2 N–H and O–H groups in total. The molecule has 0 amide bonds.